The highest BCUT2D eigenvalue weighted by Crippen LogP contribution is 2.21. The Balaban J connectivity index is 1.99. The number of oxazole rings is 1. The van der Waals surface area contributed by atoms with Crippen LogP contribution in [-0.2, 0) is 10.0 Å². The van der Waals surface area contributed by atoms with Gasteiger partial charge in [0.05, 0.1) is 10.4 Å². The van der Waals surface area contributed by atoms with Gasteiger partial charge in [-0.05, 0) is 49.2 Å². The Bertz CT molecular complexity index is 1020. The molecule has 0 saturated heterocycles. The third-order valence-corrected chi connectivity index (χ3v) is 4.84. The molecule has 0 aliphatic rings. The number of aromatic nitrogens is 1. The van der Waals surface area contributed by atoms with E-state index in [0.717, 1.165) is 11.1 Å². The Hall–Kier alpha value is -2.54. The first kappa shape index (κ1) is 14.4. The molecule has 0 fully saturated rings. The number of nitrogens with one attached hydrogen (secondary N) is 2. The molecule has 0 bridgehead atoms. The van der Waals surface area contributed by atoms with Gasteiger partial charge in [0.15, 0.2) is 5.58 Å². The van der Waals surface area contributed by atoms with Gasteiger partial charge in [-0.1, -0.05) is 6.07 Å². The van der Waals surface area contributed by atoms with Crippen LogP contribution in [0.5, 0.6) is 0 Å². The van der Waals surface area contributed by atoms with E-state index in [2.05, 4.69) is 9.71 Å². The minimum atomic E-state index is -3.75. The number of aromatic amines is 1. The fraction of sp³-hybridized carbons (Fsp3) is 0.133. The Morgan fingerprint density at radius 2 is 1.82 bits per heavy atom. The second-order valence-corrected chi connectivity index (χ2v) is 6.76. The van der Waals surface area contributed by atoms with Gasteiger partial charge in [-0.2, -0.15) is 0 Å². The zero-order valence-corrected chi connectivity index (χ0v) is 12.8. The number of hydrogen-bond donors (Lipinski definition) is 2. The predicted molar refractivity (Wildman–Crippen MR) is 83.6 cm³/mol. The van der Waals surface area contributed by atoms with Gasteiger partial charge in [0, 0.05) is 11.8 Å². The minimum Gasteiger partial charge on any atom is -0.408 e. The molecule has 0 aliphatic heterocycles. The molecule has 22 heavy (non-hydrogen) atoms. The number of H-pyrrole nitrogens is 1. The second-order valence-electron chi connectivity index (χ2n) is 5.08. The number of fused-ring (bicyclic) bond motifs is 1. The van der Waals surface area contributed by atoms with Crippen LogP contribution < -0.4 is 10.5 Å². The van der Waals surface area contributed by atoms with Gasteiger partial charge in [-0.3, -0.25) is 9.71 Å². The van der Waals surface area contributed by atoms with E-state index in [1.54, 1.807) is 12.1 Å². The van der Waals surface area contributed by atoms with Gasteiger partial charge in [-0.25, -0.2) is 13.2 Å². The highest BCUT2D eigenvalue weighted by Gasteiger charge is 2.16. The quantitative estimate of drug-likeness (QED) is 0.776. The average molecular weight is 318 g/mol. The second kappa shape index (κ2) is 5.03. The molecular weight excluding hydrogens is 304 g/mol. The van der Waals surface area contributed by atoms with Crippen LogP contribution >= 0.6 is 0 Å². The van der Waals surface area contributed by atoms with Crippen LogP contribution in [0.3, 0.4) is 0 Å². The van der Waals surface area contributed by atoms with Crippen LogP contribution in [-0.4, -0.2) is 13.4 Å². The van der Waals surface area contributed by atoms with Crippen molar-refractivity contribution in [2.75, 3.05) is 4.72 Å². The summed E-state index contributed by atoms with van der Waals surface area (Å²) in [6, 6.07) is 9.54. The standard InChI is InChI=1S/C15H14N2O4S/c1-9-3-4-11(7-10(9)2)17-22(19,20)12-5-6-13-14(8-12)21-15(18)16-13/h3-8,17H,1-2H3,(H,16,18). The molecule has 6 nitrogen and oxygen atoms in total. The number of benzene rings is 2. The molecule has 0 unspecified atom stereocenters. The van der Waals surface area contributed by atoms with Crippen molar-refractivity contribution >= 4 is 26.8 Å². The third-order valence-electron chi connectivity index (χ3n) is 3.46. The first-order valence-corrected chi connectivity index (χ1v) is 8.06. The zero-order valence-electron chi connectivity index (χ0n) is 12.0. The number of hydrogen-bond acceptors (Lipinski definition) is 4. The monoisotopic (exact) mass is 318 g/mol. The van der Waals surface area contributed by atoms with Crippen LogP contribution in [0.2, 0.25) is 0 Å². The molecule has 7 heteroatoms. The lowest BCUT2D eigenvalue weighted by Gasteiger charge is -2.09. The molecule has 114 valence electrons. The van der Waals surface area contributed by atoms with Gasteiger partial charge in [0.1, 0.15) is 0 Å². The van der Waals surface area contributed by atoms with Crippen molar-refractivity contribution in [3.63, 3.8) is 0 Å². The highest BCUT2D eigenvalue weighted by molar-refractivity contribution is 7.92. The van der Waals surface area contributed by atoms with Crippen LogP contribution in [0.15, 0.2) is 50.5 Å². The fourth-order valence-corrected chi connectivity index (χ4v) is 3.18. The maximum absolute atomic E-state index is 12.4. The van der Waals surface area contributed by atoms with Crippen LogP contribution in [0.1, 0.15) is 11.1 Å². The summed E-state index contributed by atoms with van der Waals surface area (Å²) in [6.45, 7) is 3.86. The van der Waals surface area contributed by atoms with Crippen molar-refractivity contribution in [2.45, 2.75) is 18.7 Å². The van der Waals surface area contributed by atoms with E-state index >= 15 is 0 Å². The van der Waals surface area contributed by atoms with Crippen molar-refractivity contribution in [2.24, 2.45) is 0 Å². The molecule has 2 N–H and O–H groups in total. The fourth-order valence-electron chi connectivity index (χ4n) is 2.11. The topological polar surface area (TPSA) is 92.2 Å². The van der Waals surface area contributed by atoms with E-state index in [1.165, 1.54) is 18.2 Å². The molecule has 0 aliphatic carbocycles. The smallest absolute Gasteiger partial charge is 0.408 e. The molecule has 2 aromatic carbocycles. The Kier molecular flexibility index (Phi) is 3.29. The van der Waals surface area contributed by atoms with Crippen LogP contribution in [0.25, 0.3) is 11.1 Å². The molecule has 0 atom stereocenters. The predicted octanol–water partition coefficient (Wildman–Crippen LogP) is 2.54. The molecular formula is C15H14N2O4S. The van der Waals surface area contributed by atoms with Gasteiger partial charge in [-0.15, -0.1) is 0 Å². The van der Waals surface area contributed by atoms with E-state index in [4.69, 9.17) is 4.42 Å². The van der Waals surface area contributed by atoms with Crippen molar-refractivity contribution in [3.8, 4) is 0 Å². The van der Waals surface area contributed by atoms with E-state index < -0.39 is 15.8 Å². The van der Waals surface area contributed by atoms with Gasteiger partial charge >= 0.3 is 5.76 Å². The summed E-state index contributed by atoms with van der Waals surface area (Å²) in [7, 11) is -3.75. The van der Waals surface area contributed by atoms with Crippen molar-refractivity contribution in [1.82, 2.24) is 4.98 Å². The lowest BCUT2D eigenvalue weighted by Crippen LogP contribution is -2.13. The Morgan fingerprint density at radius 1 is 1.05 bits per heavy atom. The molecule has 0 saturated carbocycles. The summed E-state index contributed by atoms with van der Waals surface area (Å²) in [5.41, 5.74) is 3.22. The summed E-state index contributed by atoms with van der Waals surface area (Å²) in [5.74, 6) is -0.619. The molecule has 3 rings (SSSR count). The number of aryl methyl sites for hydroxylation is 2. The van der Waals surface area contributed by atoms with Crippen molar-refractivity contribution in [1.29, 1.82) is 0 Å². The lowest BCUT2D eigenvalue weighted by atomic mass is 10.1. The number of rotatable bonds is 3. The van der Waals surface area contributed by atoms with E-state index in [1.807, 2.05) is 19.9 Å². The average Bonchev–Trinajstić information content (AvgIpc) is 2.81. The van der Waals surface area contributed by atoms with Crippen LogP contribution in [0.4, 0.5) is 5.69 Å². The summed E-state index contributed by atoms with van der Waals surface area (Å²) in [5, 5.41) is 0. The number of sulfonamides is 1. The maximum atomic E-state index is 12.4. The first-order valence-electron chi connectivity index (χ1n) is 6.58. The third kappa shape index (κ3) is 2.62. The molecule has 1 heterocycles. The van der Waals surface area contributed by atoms with Crippen molar-refractivity contribution in [3.05, 3.63) is 58.1 Å². The molecule has 0 radical (unpaired) electrons. The Morgan fingerprint density at radius 3 is 2.55 bits per heavy atom. The lowest BCUT2D eigenvalue weighted by molar-refractivity contribution is 0.554. The molecule has 3 aromatic rings. The summed E-state index contributed by atoms with van der Waals surface area (Å²) < 4.78 is 32.2. The highest BCUT2D eigenvalue weighted by atomic mass is 32.2. The first-order chi connectivity index (χ1) is 10.3. The summed E-state index contributed by atoms with van der Waals surface area (Å²) >= 11 is 0. The largest absolute Gasteiger partial charge is 0.417 e. The SMILES string of the molecule is Cc1ccc(NS(=O)(=O)c2ccc3[nH]c(=O)oc3c2)cc1C. The van der Waals surface area contributed by atoms with E-state index in [-0.39, 0.29) is 10.5 Å². The van der Waals surface area contributed by atoms with E-state index in [0.29, 0.717) is 11.2 Å². The molecule has 1 aromatic heterocycles. The Labute approximate surface area is 126 Å². The summed E-state index contributed by atoms with van der Waals surface area (Å²) in [6.07, 6.45) is 0. The van der Waals surface area contributed by atoms with Crippen LogP contribution in [0, 0.1) is 13.8 Å². The molecule has 0 spiro atoms. The van der Waals surface area contributed by atoms with Crippen molar-refractivity contribution < 1.29 is 12.8 Å². The molecule has 0 amide bonds. The maximum Gasteiger partial charge on any atom is 0.417 e. The summed E-state index contributed by atoms with van der Waals surface area (Å²) in [4.78, 5) is 13.6. The minimum absolute atomic E-state index is 0.0287. The zero-order chi connectivity index (χ0) is 15.9. The number of anilines is 1. The van der Waals surface area contributed by atoms with Gasteiger partial charge in [0.2, 0.25) is 0 Å². The van der Waals surface area contributed by atoms with Gasteiger partial charge < -0.3 is 4.42 Å². The van der Waals surface area contributed by atoms with Gasteiger partial charge in [0.25, 0.3) is 10.0 Å². The normalized spacial score (nSPS) is 11.7. The van der Waals surface area contributed by atoms with E-state index in [9.17, 15) is 13.2 Å².